The van der Waals surface area contributed by atoms with Crippen LogP contribution >= 0.6 is 0 Å². The number of fused-ring (bicyclic) bond motifs is 1. The minimum Gasteiger partial charge on any atom is -0.502 e. The molecule has 0 spiro atoms. The van der Waals surface area contributed by atoms with Gasteiger partial charge < -0.3 is 19.4 Å². The van der Waals surface area contributed by atoms with Crippen LogP contribution in [0.3, 0.4) is 0 Å². The fourth-order valence-electron chi connectivity index (χ4n) is 2.91. The summed E-state index contributed by atoms with van der Waals surface area (Å²) in [4.78, 5) is 35.9. The Morgan fingerprint density at radius 2 is 1.86 bits per heavy atom. The summed E-state index contributed by atoms with van der Waals surface area (Å²) in [5, 5.41) is 14.4. The second-order valence-electron chi connectivity index (χ2n) is 6.14. The Morgan fingerprint density at radius 3 is 2.61 bits per heavy atom. The number of aromatic nitrogens is 1. The van der Waals surface area contributed by atoms with Crippen molar-refractivity contribution >= 4 is 17.4 Å². The summed E-state index contributed by atoms with van der Waals surface area (Å²) >= 11 is 0. The first-order valence-electron chi connectivity index (χ1n) is 8.40. The maximum Gasteiger partial charge on any atom is 0.260 e. The third kappa shape index (κ3) is 3.18. The molecule has 0 unspecified atom stereocenters. The van der Waals surface area contributed by atoms with Gasteiger partial charge in [-0.3, -0.25) is 19.7 Å². The van der Waals surface area contributed by atoms with E-state index in [1.807, 2.05) is 29.1 Å². The Hall–Kier alpha value is -4.07. The molecule has 1 aromatic carbocycles. The van der Waals surface area contributed by atoms with Gasteiger partial charge in [-0.25, -0.2) is 0 Å². The number of hydrogen-bond donors (Lipinski definition) is 3. The highest BCUT2D eigenvalue weighted by atomic mass is 16.4. The van der Waals surface area contributed by atoms with Gasteiger partial charge in [-0.15, -0.1) is 0 Å². The number of imide groups is 1. The van der Waals surface area contributed by atoms with Gasteiger partial charge in [-0.1, -0.05) is 0 Å². The molecule has 8 nitrogen and oxygen atoms in total. The number of carbonyl (C=O) groups is 2. The standard InChI is InChI=1S/C20H15N3O5/c24-17-8-13(28-11-18(17)25)9-21-10-16-15-7-12(23-5-1-2-6-23)3-4-14(15)19(26)22-20(16)27/h1-8,10-11,21,25H,9H2,(H,22,26,27)/b16-10+. The normalized spacial score (nSPS) is 14.6. The van der Waals surface area contributed by atoms with Crippen molar-refractivity contribution in [1.29, 1.82) is 0 Å². The molecule has 140 valence electrons. The lowest BCUT2D eigenvalue weighted by Gasteiger charge is -2.19. The number of carbonyl (C=O) groups excluding carboxylic acids is 2. The molecule has 8 heteroatoms. The molecule has 3 heterocycles. The molecule has 2 aromatic heterocycles. The lowest BCUT2D eigenvalue weighted by molar-refractivity contribution is -0.114. The zero-order chi connectivity index (χ0) is 19.7. The van der Waals surface area contributed by atoms with E-state index >= 15 is 0 Å². The average Bonchev–Trinajstić information content (AvgIpc) is 3.21. The fraction of sp³-hybridized carbons (Fsp3) is 0.0500. The summed E-state index contributed by atoms with van der Waals surface area (Å²) in [6.45, 7) is 0.118. The molecule has 0 radical (unpaired) electrons. The Balaban J connectivity index is 1.66. The molecule has 1 aliphatic heterocycles. The Morgan fingerprint density at radius 1 is 1.07 bits per heavy atom. The fourth-order valence-corrected chi connectivity index (χ4v) is 2.91. The highest BCUT2D eigenvalue weighted by Gasteiger charge is 2.27. The van der Waals surface area contributed by atoms with Crippen LogP contribution in [-0.4, -0.2) is 21.5 Å². The largest absolute Gasteiger partial charge is 0.502 e. The smallest absolute Gasteiger partial charge is 0.260 e. The molecule has 3 N–H and O–H groups in total. The van der Waals surface area contributed by atoms with Gasteiger partial charge in [-0.2, -0.15) is 0 Å². The molecule has 4 rings (SSSR count). The van der Waals surface area contributed by atoms with Gasteiger partial charge in [0.25, 0.3) is 11.8 Å². The minimum atomic E-state index is -0.557. The van der Waals surface area contributed by atoms with Crippen molar-refractivity contribution < 1.29 is 19.1 Å². The number of rotatable bonds is 4. The van der Waals surface area contributed by atoms with Gasteiger partial charge in [0, 0.05) is 41.5 Å². The molecule has 2 amide bonds. The first kappa shape index (κ1) is 17.3. The van der Waals surface area contributed by atoms with Gasteiger partial charge >= 0.3 is 0 Å². The summed E-state index contributed by atoms with van der Waals surface area (Å²) in [6.07, 6.45) is 6.14. The molecule has 0 fully saturated rings. The van der Waals surface area contributed by atoms with Crippen LogP contribution in [0.5, 0.6) is 5.75 Å². The molecule has 0 saturated carbocycles. The molecular formula is C20H15N3O5. The van der Waals surface area contributed by atoms with Crippen LogP contribution in [0.1, 0.15) is 21.7 Å². The SMILES string of the molecule is O=C1NC(=O)c2ccc(-n3cccc3)cc2/C1=C\NCc1cc(=O)c(O)co1. The van der Waals surface area contributed by atoms with Crippen molar-refractivity contribution in [3.63, 3.8) is 0 Å². The van der Waals surface area contributed by atoms with E-state index in [4.69, 9.17) is 4.42 Å². The predicted octanol–water partition coefficient (Wildman–Crippen LogP) is 1.54. The van der Waals surface area contributed by atoms with Crippen molar-refractivity contribution in [2.24, 2.45) is 0 Å². The predicted molar refractivity (Wildman–Crippen MR) is 99.7 cm³/mol. The molecule has 3 aromatic rings. The van der Waals surface area contributed by atoms with E-state index in [2.05, 4.69) is 10.6 Å². The Bertz CT molecular complexity index is 1160. The van der Waals surface area contributed by atoms with Crippen LogP contribution in [0.2, 0.25) is 0 Å². The molecule has 0 aliphatic carbocycles. The summed E-state index contributed by atoms with van der Waals surface area (Å²) < 4.78 is 6.98. The zero-order valence-electron chi connectivity index (χ0n) is 14.5. The van der Waals surface area contributed by atoms with Crippen molar-refractivity contribution in [2.45, 2.75) is 6.54 Å². The highest BCUT2D eigenvalue weighted by molar-refractivity contribution is 6.31. The van der Waals surface area contributed by atoms with Gasteiger partial charge in [0.1, 0.15) is 12.0 Å². The first-order valence-corrected chi connectivity index (χ1v) is 8.40. The molecule has 1 aliphatic rings. The van der Waals surface area contributed by atoms with E-state index in [0.717, 1.165) is 18.0 Å². The highest BCUT2D eigenvalue weighted by Crippen LogP contribution is 2.26. The number of nitrogens with one attached hydrogen (secondary N) is 2. The van der Waals surface area contributed by atoms with Crippen molar-refractivity contribution in [2.75, 3.05) is 0 Å². The summed E-state index contributed by atoms with van der Waals surface area (Å²) in [7, 11) is 0. The summed E-state index contributed by atoms with van der Waals surface area (Å²) in [5.74, 6) is -1.17. The van der Waals surface area contributed by atoms with Crippen LogP contribution in [-0.2, 0) is 11.3 Å². The van der Waals surface area contributed by atoms with Gasteiger partial charge in [0.2, 0.25) is 5.43 Å². The maximum atomic E-state index is 12.4. The van der Waals surface area contributed by atoms with Crippen molar-refractivity contribution in [3.8, 4) is 11.4 Å². The molecule has 0 saturated heterocycles. The van der Waals surface area contributed by atoms with Gasteiger partial charge in [0.05, 0.1) is 12.1 Å². The van der Waals surface area contributed by atoms with Crippen LogP contribution in [0, 0.1) is 0 Å². The molecular weight excluding hydrogens is 362 g/mol. The number of nitrogens with zero attached hydrogens (tertiary/aromatic N) is 1. The zero-order valence-corrected chi connectivity index (χ0v) is 14.5. The second-order valence-corrected chi connectivity index (χ2v) is 6.14. The van der Waals surface area contributed by atoms with E-state index in [1.54, 1.807) is 18.2 Å². The quantitative estimate of drug-likeness (QED) is 0.469. The molecule has 0 bridgehead atoms. The third-order valence-corrected chi connectivity index (χ3v) is 4.30. The van der Waals surface area contributed by atoms with Crippen LogP contribution in [0.15, 0.2) is 70.5 Å². The second kappa shape index (κ2) is 6.92. The van der Waals surface area contributed by atoms with Gasteiger partial charge in [-0.05, 0) is 30.3 Å². The lowest BCUT2D eigenvalue weighted by Crippen LogP contribution is -2.37. The number of aromatic hydroxyl groups is 1. The third-order valence-electron chi connectivity index (χ3n) is 4.30. The Labute approximate surface area is 158 Å². The van der Waals surface area contributed by atoms with E-state index in [-0.39, 0.29) is 17.9 Å². The average molecular weight is 377 g/mol. The topological polar surface area (TPSA) is 114 Å². The summed E-state index contributed by atoms with van der Waals surface area (Å²) in [6, 6.07) is 10.1. The van der Waals surface area contributed by atoms with Crippen LogP contribution in [0.25, 0.3) is 11.3 Å². The molecule has 0 atom stereocenters. The van der Waals surface area contributed by atoms with E-state index in [1.165, 1.54) is 6.20 Å². The summed E-state index contributed by atoms with van der Waals surface area (Å²) in [5.41, 5.74) is 1.42. The van der Waals surface area contributed by atoms with Crippen LogP contribution in [0.4, 0.5) is 0 Å². The number of benzene rings is 1. The number of amides is 2. The van der Waals surface area contributed by atoms with E-state index < -0.39 is 23.0 Å². The van der Waals surface area contributed by atoms with Crippen molar-refractivity contribution in [3.05, 3.63) is 88.4 Å². The van der Waals surface area contributed by atoms with E-state index in [0.29, 0.717) is 11.1 Å². The van der Waals surface area contributed by atoms with Crippen molar-refractivity contribution in [1.82, 2.24) is 15.2 Å². The molecule has 28 heavy (non-hydrogen) atoms. The number of hydrogen-bond acceptors (Lipinski definition) is 6. The van der Waals surface area contributed by atoms with E-state index in [9.17, 15) is 19.5 Å². The lowest BCUT2D eigenvalue weighted by atomic mass is 9.95. The Kier molecular flexibility index (Phi) is 4.29. The minimum absolute atomic E-state index is 0.118. The van der Waals surface area contributed by atoms with Crippen LogP contribution < -0.4 is 16.1 Å². The monoisotopic (exact) mass is 377 g/mol. The first-order chi connectivity index (χ1) is 13.5. The van der Waals surface area contributed by atoms with Gasteiger partial charge in [0.15, 0.2) is 5.75 Å². The maximum absolute atomic E-state index is 12.4.